The molecule has 4 rings (SSSR count). The van der Waals surface area contributed by atoms with Crippen LogP contribution in [0.4, 0.5) is 0 Å². The van der Waals surface area contributed by atoms with Gasteiger partial charge in [-0.15, -0.1) is 0 Å². The van der Waals surface area contributed by atoms with Crippen LogP contribution < -0.4 is 0 Å². The van der Waals surface area contributed by atoms with Crippen molar-refractivity contribution in [2.24, 2.45) is 46.3 Å². The van der Waals surface area contributed by atoms with Gasteiger partial charge in [-0.1, -0.05) is 65.5 Å². The SMILES string of the molecule is CC(C)CCC[C@@H](C)[C@H]1CC[C@H]2[C@@H]3CC=C4C[C@@H](O)[C@@H](O)C[C@]4(C)[C@H]3CC[C@]12C. The molecule has 2 heteroatoms. The Balaban J connectivity index is 1.50. The number of rotatable bonds is 5. The van der Waals surface area contributed by atoms with Crippen LogP contribution in [0.2, 0.25) is 0 Å². The third kappa shape index (κ3) is 3.65. The van der Waals surface area contributed by atoms with E-state index in [0.29, 0.717) is 17.8 Å². The van der Waals surface area contributed by atoms with E-state index in [2.05, 4.69) is 40.7 Å². The van der Waals surface area contributed by atoms with Gasteiger partial charge in [0.25, 0.3) is 0 Å². The first-order valence-corrected chi connectivity index (χ1v) is 12.7. The summed E-state index contributed by atoms with van der Waals surface area (Å²) in [7, 11) is 0. The second kappa shape index (κ2) is 7.97. The van der Waals surface area contributed by atoms with Crippen LogP contribution in [0.1, 0.15) is 98.8 Å². The molecule has 29 heavy (non-hydrogen) atoms. The van der Waals surface area contributed by atoms with Gasteiger partial charge in [-0.3, -0.25) is 0 Å². The lowest BCUT2D eigenvalue weighted by Crippen LogP contribution is -2.53. The fourth-order valence-electron chi connectivity index (χ4n) is 8.71. The van der Waals surface area contributed by atoms with Crippen molar-refractivity contribution in [3.8, 4) is 0 Å². The summed E-state index contributed by atoms with van der Waals surface area (Å²) in [5, 5.41) is 20.7. The molecular formula is C27H46O2. The Bertz CT molecular complexity index is 624. The molecule has 0 unspecified atom stereocenters. The first kappa shape index (κ1) is 21.9. The molecule has 0 heterocycles. The zero-order chi connectivity index (χ0) is 21.0. The molecule has 9 atom stereocenters. The van der Waals surface area contributed by atoms with E-state index >= 15 is 0 Å². The van der Waals surface area contributed by atoms with E-state index in [9.17, 15) is 10.2 Å². The van der Waals surface area contributed by atoms with E-state index in [0.717, 1.165) is 36.0 Å². The van der Waals surface area contributed by atoms with Gasteiger partial charge < -0.3 is 10.2 Å². The molecule has 3 saturated carbocycles. The van der Waals surface area contributed by atoms with E-state index in [1.54, 1.807) is 0 Å². The molecule has 0 amide bonds. The molecule has 0 aliphatic heterocycles. The highest BCUT2D eigenvalue weighted by atomic mass is 16.3. The van der Waals surface area contributed by atoms with Crippen molar-refractivity contribution in [1.82, 2.24) is 0 Å². The summed E-state index contributed by atoms with van der Waals surface area (Å²) in [6.45, 7) is 12.3. The Morgan fingerprint density at radius 2 is 1.76 bits per heavy atom. The topological polar surface area (TPSA) is 40.5 Å². The van der Waals surface area contributed by atoms with Gasteiger partial charge in [0.2, 0.25) is 0 Å². The number of aliphatic hydroxyl groups is 2. The molecule has 0 aromatic rings. The van der Waals surface area contributed by atoms with Crippen LogP contribution in [0.5, 0.6) is 0 Å². The van der Waals surface area contributed by atoms with Crippen LogP contribution in [0.25, 0.3) is 0 Å². The van der Waals surface area contributed by atoms with Crippen molar-refractivity contribution >= 4 is 0 Å². The van der Waals surface area contributed by atoms with Gasteiger partial charge in [0.1, 0.15) is 0 Å². The highest BCUT2D eigenvalue weighted by Gasteiger charge is 2.59. The third-order valence-electron chi connectivity index (χ3n) is 10.3. The second-order valence-corrected chi connectivity index (χ2v) is 12.3. The molecule has 0 saturated heterocycles. The summed E-state index contributed by atoms with van der Waals surface area (Å²) in [5.41, 5.74) is 2.09. The molecule has 0 aromatic carbocycles. The molecule has 4 aliphatic carbocycles. The maximum absolute atomic E-state index is 10.5. The predicted molar refractivity (Wildman–Crippen MR) is 120 cm³/mol. The average molecular weight is 403 g/mol. The third-order valence-corrected chi connectivity index (χ3v) is 10.3. The lowest BCUT2D eigenvalue weighted by Gasteiger charge is -2.59. The number of aliphatic hydroxyl groups excluding tert-OH is 2. The zero-order valence-corrected chi connectivity index (χ0v) is 19.7. The van der Waals surface area contributed by atoms with E-state index in [1.807, 2.05) is 0 Å². The van der Waals surface area contributed by atoms with Crippen molar-refractivity contribution in [1.29, 1.82) is 0 Å². The molecule has 4 aliphatic rings. The van der Waals surface area contributed by atoms with Crippen LogP contribution in [-0.2, 0) is 0 Å². The minimum Gasteiger partial charge on any atom is -0.390 e. The van der Waals surface area contributed by atoms with E-state index < -0.39 is 12.2 Å². The summed E-state index contributed by atoms with van der Waals surface area (Å²) in [6.07, 6.45) is 13.8. The second-order valence-electron chi connectivity index (χ2n) is 12.3. The number of hydrogen-bond acceptors (Lipinski definition) is 2. The Morgan fingerprint density at radius 1 is 1.00 bits per heavy atom. The van der Waals surface area contributed by atoms with E-state index in [1.165, 1.54) is 56.9 Å². The summed E-state index contributed by atoms with van der Waals surface area (Å²) in [6, 6.07) is 0. The summed E-state index contributed by atoms with van der Waals surface area (Å²) < 4.78 is 0. The first-order chi connectivity index (χ1) is 13.7. The van der Waals surface area contributed by atoms with Gasteiger partial charge in [0, 0.05) is 0 Å². The van der Waals surface area contributed by atoms with Crippen LogP contribution >= 0.6 is 0 Å². The number of hydrogen-bond donors (Lipinski definition) is 2. The maximum Gasteiger partial charge on any atom is 0.0836 e. The van der Waals surface area contributed by atoms with Crippen LogP contribution in [0, 0.1) is 46.3 Å². The minimum atomic E-state index is -0.553. The van der Waals surface area contributed by atoms with Gasteiger partial charge in [-0.25, -0.2) is 0 Å². The zero-order valence-electron chi connectivity index (χ0n) is 19.7. The van der Waals surface area contributed by atoms with Gasteiger partial charge in [0.15, 0.2) is 0 Å². The van der Waals surface area contributed by atoms with Crippen LogP contribution in [0.3, 0.4) is 0 Å². The van der Waals surface area contributed by atoms with Crippen LogP contribution in [-0.4, -0.2) is 22.4 Å². The van der Waals surface area contributed by atoms with Gasteiger partial charge in [0.05, 0.1) is 12.2 Å². The minimum absolute atomic E-state index is 0.115. The molecule has 0 aromatic heterocycles. The molecule has 0 radical (unpaired) electrons. The fourth-order valence-corrected chi connectivity index (χ4v) is 8.71. The van der Waals surface area contributed by atoms with Gasteiger partial charge >= 0.3 is 0 Å². The van der Waals surface area contributed by atoms with Gasteiger partial charge in [-0.2, -0.15) is 0 Å². The van der Waals surface area contributed by atoms with Crippen molar-refractivity contribution in [2.75, 3.05) is 0 Å². The molecule has 166 valence electrons. The Morgan fingerprint density at radius 3 is 2.48 bits per heavy atom. The Labute approximate surface area is 179 Å². The Kier molecular flexibility index (Phi) is 6.01. The van der Waals surface area contributed by atoms with E-state index in [-0.39, 0.29) is 5.41 Å². The predicted octanol–water partition coefficient (Wildman–Crippen LogP) is 6.36. The molecule has 3 fully saturated rings. The fraction of sp³-hybridized carbons (Fsp3) is 0.926. The largest absolute Gasteiger partial charge is 0.390 e. The van der Waals surface area contributed by atoms with Crippen LogP contribution in [0.15, 0.2) is 11.6 Å². The normalized spacial score (nSPS) is 47.9. The Hall–Kier alpha value is -0.340. The number of fused-ring (bicyclic) bond motifs is 5. The monoisotopic (exact) mass is 402 g/mol. The first-order valence-electron chi connectivity index (χ1n) is 12.7. The molecular weight excluding hydrogens is 356 g/mol. The van der Waals surface area contributed by atoms with Crippen molar-refractivity contribution in [3.63, 3.8) is 0 Å². The maximum atomic E-state index is 10.5. The van der Waals surface area contributed by atoms with Crippen molar-refractivity contribution in [2.45, 2.75) is 111 Å². The lowest BCUT2D eigenvalue weighted by atomic mass is 9.46. The van der Waals surface area contributed by atoms with Crippen molar-refractivity contribution < 1.29 is 10.2 Å². The summed E-state index contributed by atoms with van der Waals surface area (Å²) >= 11 is 0. The smallest absolute Gasteiger partial charge is 0.0836 e. The highest BCUT2D eigenvalue weighted by Crippen LogP contribution is 2.67. The van der Waals surface area contributed by atoms with Crippen molar-refractivity contribution in [3.05, 3.63) is 11.6 Å². The standard InChI is InChI=1S/C27H46O2/c1-17(2)7-6-8-18(3)21-11-12-22-20-10-9-19-15-24(28)25(29)16-27(19,5)23(20)13-14-26(21,22)4/h9,17-18,20-25,28-29H,6-8,10-16H2,1-5H3/t18-,20+,21-,22+,23+,24-,25+,26-,27+/m1/s1. The summed E-state index contributed by atoms with van der Waals surface area (Å²) in [4.78, 5) is 0. The van der Waals surface area contributed by atoms with E-state index in [4.69, 9.17) is 0 Å². The highest BCUT2D eigenvalue weighted by molar-refractivity contribution is 5.26. The average Bonchev–Trinajstić information content (AvgIpc) is 3.00. The molecule has 0 bridgehead atoms. The molecule has 0 spiro atoms. The lowest BCUT2D eigenvalue weighted by molar-refractivity contribution is -0.0889. The summed E-state index contributed by atoms with van der Waals surface area (Å²) in [5.74, 6) is 4.95. The molecule has 2 N–H and O–H groups in total. The molecule has 2 nitrogen and oxygen atoms in total. The number of allylic oxidation sites excluding steroid dienone is 1. The quantitative estimate of drug-likeness (QED) is 0.525. The van der Waals surface area contributed by atoms with Gasteiger partial charge in [-0.05, 0) is 91.3 Å².